The zero-order valence-electron chi connectivity index (χ0n) is 19.9. The first kappa shape index (κ1) is 23.5. The first-order valence-corrected chi connectivity index (χ1v) is 11.0. The molecule has 1 fully saturated rings. The minimum Gasteiger partial charge on any atom is -0.340 e. The van der Waals surface area contributed by atoms with Crippen LogP contribution in [0.3, 0.4) is 0 Å². The van der Waals surface area contributed by atoms with Crippen molar-refractivity contribution in [2.24, 2.45) is 0 Å². The van der Waals surface area contributed by atoms with Crippen molar-refractivity contribution in [3.8, 4) is 0 Å². The second kappa shape index (κ2) is 8.77. The molecule has 1 aliphatic rings. The second-order valence-corrected chi connectivity index (χ2v) is 9.69. The largest absolute Gasteiger partial charge is 0.340 e. The SMILES string of the molecule is CCc1ccc(CN(C)C(=O)CN2C(=O)NC(C)(c3ccc(C(C)(C)C)cc3)C2=O)cc1. The molecule has 1 heterocycles. The van der Waals surface area contributed by atoms with Gasteiger partial charge in [0, 0.05) is 13.6 Å². The predicted molar refractivity (Wildman–Crippen MR) is 125 cm³/mol. The van der Waals surface area contributed by atoms with Gasteiger partial charge in [0.05, 0.1) is 0 Å². The molecule has 3 rings (SSSR count). The predicted octanol–water partition coefficient (Wildman–Crippen LogP) is 3.97. The monoisotopic (exact) mass is 435 g/mol. The summed E-state index contributed by atoms with van der Waals surface area (Å²) in [5, 5.41) is 2.78. The maximum Gasteiger partial charge on any atom is 0.325 e. The van der Waals surface area contributed by atoms with E-state index in [0.717, 1.165) is 22.4 Å². The molecule has 0 aliphatic carbocycles. The maximum atomic E-state index is 13.2. The van der Waals surface area contributed by atoms with Crippen LogP contribution in [0, 0.1) is 0 Å². The highest BCUT2D eigenvalue weighted by atomic mass is 16.2. The van der Waals surface area contributed by atoms with Crippen molar-refractivity contribution in [1.29, 1.82) is 0 Å². The van der Waals surface area contributed by atoms with Crippen LogP contribution in [0.4, 0.5) is 4.79 Å². The maximum absolute atomic E-state index is 13.2. The van der Waals surface area contributed by atoms with E-state index in [0.29, 0.717) is 12.1 Å². The second-order valence-electron chi connectivity index (χ2n) is 9.69. The average molecular weight is 436 g/mol. The van der Waals surface area contributed by atoms with E-state index in [9.17, 15) is 14.4 Å². The third-order valence-corrected chi connectivity index (χ3v) is 6.17. The number of hydrogen-bond acceptors (Lipinski definition) is 3. The number of rotatable bonds is 6. The number of likely N-dealkylation sites (N-methyl/N-ethyl adjacent to an activating group) is 1. The van der Waals surface area contributed by atoms with E-state index in [1.807, 2.05) is 48.5 Å². The van der Waals surface area contributed by atoms with Crippen molar-refractivity contribution in [2.75, 3.05) is 13.6 Å². The van der Waals surface area contributed by atoms with E-state index in [2.05, 4.69) is 33.0 Å². The van der Waals surface area contributed by atoms with Crippen LogP contribution in [-0.2, 0) is 33.5 Å². The number of hydrogen-bond donors (Lipinski definition) is 1. The summed E-state index contributed by atoms with van der Waals surface area (Å²) >= 11 is 0. The number of imide groups is 1. The molecule has 1 N–H and O–H groups in total. The summed E-state index contributed by atoms with van der Waals surface area (Å²) < 4.78 is 0. The van der Waals surface area contributed by atoms with E-state index < -0.39 is 17.5 Å². The minimum atomic E-state index is -1.19. The van der Waals surface area contributed by atoms with Gasteiger partial charge >= 0.3 is 6.03 Å². The number of nitrogens with zero attached hydrogens (tertiary/aromatic N) is 2. The minimum absolute atomic E-state index is 0.0116. The lowest BCUT2D eigenvalue weighted by Gasteiger charge is -2.25. The molecule has 170 valence electrons. The first-order chi connectivity index (χ1) is 15.0. The van der Waals surface area contributed by atoms with Crippen LogP contribution in [0.2, 0.25) is 0 Å². The lowest BCUT2D eigenvalue weighted by molar-refractivity contribution is -0.138. The Hall–Kier alpha value is -3.15. The highest BCUT2D eigenvalue weighted by Crippen LogP contribution is 2.31. The molecule has 32 heavy (non-hydrogen) atoms. The number of nitrogens with one attached hydrogen (secondary N) is 1. The van der Waals surface area contributed by atoms with Gasteiger partial charge in [-0.15, -0.1) is 0 Å². The van der Waals surface area contributed by atoms with Crippen LogP contribution in [0.1, 0.15) is 56.9 Å². The Kier molecular flexibility index (Phi) is 6.44. The number of benzene rings is 2. The molecule has 6 nitrogen and oxygen atoms in total. The zero-order chi connectivity index (χ0) is 23.7. The van der Waals surface area contributed by atoms with Crippen molar-refractivity contribution < 1.29 is 14.4 Å². The normalized spacial score (nSPS) is 18.6. The third kappa shape index (κ3) is 4.69. The topological polar surface area (TPSA) is 69.7 Å². The summed E-state index contributed by atoms with van der Waals surface area (Å²) in [6, 6.07) is 15.2. The fourth-order valence-electron chi connectivity index (χ4n) is 3.84. The van der Waals surface area contributed by atoms with Crippen LogP contribution in [-0.4, -0.2) is 41.2 Å². The summed E-state index contributed by atoms with van der Waals surface area (Å²) in [7, 11) is 1.68. The standard InChI is InChI=1S/C26H33N3O3/c1-7-18-8-10-19(11-9-18)16-28(6)22(30)17-29-23(31)26(5,27-24(29)32)21-14-12-20(13-15-21)25(2,3)4/h8-15H,7,16-17H2,1-6H3,(H,27,32). The fraction of sp³-hybridized carbons (Fsp3) is 0.423. The van der Waals surface area contributed by atoms with Gasteiger partial charge in [0.25, 0.3) is 5.91 Å². The van der Waals surface area contributed by atoms with Crippen molar-refractivity contribution >= 4 is 17.8 Å². The number of aryl methyl sites for hydroxylation is 1. The molecule has 2 aromatic carbocycles. The third-order valence-electron chi connectivity index (χ3n) is 6.17. The number of carbonyl (C=O) groups is 3. The lowest BCUT2D eigenvalue weighted by atomic mass is 9.84. The van der Waals surface area contributed by atoms with E-state index >= 15 is 0 Å². The van der Waals surface area contributed by atoms with Crippen molar-refractivity contribution in [2.45, 2.75) is 58.5 Å². The number of amides is 4. The molecule has 4 amide bonds. The Morgan fingerprint density at radius 1 is 1.00 bits per heavy atom. The molecular weight excluding hydrogens is 402 g/mol. The average Bonchev–Trinajstić information content (AvgIpc) is 2.97. The summed E-state index contributed by atoms with van der Waals surface area (Å²) in [5.74, 6) is -0.708. The van der Waals surface area contributed by atoms with Gasteiger partial charge in [0.15, 0.2) is 0 Å². The highest BCUT2D eigenvalue weighted by molar-refractivity contribution is 6.09. The van der Waals surface area contributed by atoms with Gasteiger partial charge in [-0.1, -0.05) is 76.2 Å². The van der Waals surface area contributed by atoms with Crippen molar-refractivity contribution in [1.82, 2.24) is 15.1 Å². The van der Waals surface area contributed by atoms with Gasteiger partial charge in [-0.25, -0.2) is 4.79 Å². The van der Waals surface area contributed by atoms with Crippen LogP contribution in [0.15, 0.2) is 48.5 Å². The molecule has 1 aliphatic heterocycles. The molecular formula is C26H33N3O3. The molecule has 0 spiro atoms. The summed E-state index contributed by atoms with van der Waals surface area (Å²) in [6.07, 6.45) is 0.957. The Bertz CT molecular complexity index is 1010. The number of urea groups is 1. The van der Waals surface area contributed by atoms with Crippen LogP contribution in [0.25, 0.3) is 0 Å². The zero-order valence-corrected chi connectivity index (χ0v) is 19.9. The summed E-state index contributed by atoms with van der Waals surface area (Å²) in [6.45, 7) is 10.3. The summed E-state index contributed by atoms with van der Waals surface area (Å²) in [5.41, 5.74) is 2.87. The lowest BCUT2D eigenvalue weighted by Crippen LogP contribution is -2.43. The molecule has 1 unspecified atom stereocenters. The van der Waals surface area contributed by atoms with Gasteiger partial charge in [-0.05, 0) is 41.0 Å². The van der Waals surface area contributed by atoms with Crippen LogP contribution in [0.5, 0.6) is 0 Å². The smallest absolute Gasteiger partial charge is 0.325 e. The van der Waals surface area contributed by atoms with E-state index in [4.69, 9.17) is 0 Å². The Morgan fingerprint density at radius 2 is 1.56 bits per heavy atom. The van der Waals surface area contributed by atoms with Gasteiger partial charge < -0.3 is 10.2 Å². The molecule has 0 bridgehead atoms. The van der Waals surface area contributed by atoms with Gasteiger partial charge in [0.2, 0.25) is 5.91 Å². The van der Waals surface area contributed by atoms with Crippen LogP contribution >= 0.6 is 0 Å². The van der Waals surface area contributed by atoms with Gasteiger partial charge in [-0.2, -0.15) is 0 Å². The van der Waals surface area contributed by atoms with Gasteiger partial charge in [0.1, 0.15) is 12.1 Å². The molecule has 0 radical (unpaired) electrons. The van der Waals surface area contributed by atoms with E-state index in [1.54, 1.807) is 14.0 Å². The molecule has 0 saturated carbocycles. The highest BCUT2D eigenvalue weighted by Gasteiger charge is 2.49. The molecule has 1 atom stereocenters. The molecule has 1 saturated heterocycles. The number of carbonyl (C=O) groups excluding carboxylic acids is 3. The fourth-order valence-corrected chi connectivity index (χ4v) is 3.84. The van der Waals surface area contributed by atoms with Crippen molar-refractivity contribution in [3.63, 3.8) is 0 Å². The van der Waals surface area contributed by atoms with Crippen LogP contribution < -0.4 is 5.32 Å². The Balaban J connectivity index is 1.70. The Labute approximate surface area is 190 Å². The first-order valence-electron chi connectivity index (χ1n) is 11.0. The Morgan fingerprint density at radius 3 is 2.09 bits per heavy atom. The molecule has 6 heteroatoms. The molecule has 0 aromatic heterocycles. The van der Waals surface area contributed by atoms with E-state index in [-0.39, 0.29) is 17.9 Å². The van der Waals surface area contributed by atoms with Gasteiger partial charge in [-0.3, -0.25) is 14.5 Å². The molecule has 2 aromatic rings. The quantitative estimate of drug-likeness (QED) is 0.698. The summed E-state index contributed by atoms with van der Waals surface area (Å²) in [4.78, 5) is 41.1. The van der Waals surface area contributed by atoms with Crippen molar-refractivity contribution in [3.05, 3.63) is 70.8 Å². The van der Waals surface area contributed by atoms with E-state index in [1.165, 1.54) is 10.5 Å².